The maximum atomic E-state index is 14.5. The van der Waals surface area contributed by atoms with E-state index in [2.05, 4.69) is 10.3 Å². The molecular formula is C24H20ClF2N3O3. The molecule has 1 saturated heterocycles. The molecule has 4 rings (SSSR count). The molecule has 1 unspecified atom stereocenters. The van der Waals surface area contributed by atoms with E-state index < -0.39 is 36.6 Å². The number of rotatable bonds is 4. The maximum Gasteiger partial charge on any atom is 0.266 e. The molecule has 0 radical (unpaired) electrons. The molecular weight excluding hydrogens is 452 g/mol. The lowest BCUT2D eigenvalue weighted by Crippen LogP contribution is -2.52. The number of alkyl halides is 2. The Balaban J connectivity index is 1.54. The second-order valence-electron chi connectivity index (χ2n) is 7.95. The first-order chi connectivity index (χ1) is 15.7. The quantitative estimate of drug-likeness (QED) is 0.590. The number of carbonyl (C=O) groups is 2. The van der Waals surface area contributed by atoms with Crippen LogP contribution in [0, 0.1) is 5.92 Å². The average Bonchev–Trinajstić information content (AvgIpc) is 2.77. The summed E-state index contributed by atoms with van der Waals surface area (Å²) in [7, 11) is 0. The molecule has 3 aromatic rings. The van der Waals surface area contributed by atoms with Crippen molar-refractivity contribution in [2.75, 3.05) is 18.4 Å². The second kappa shape index (κ2) is 9.15. The van der Waals surface area contributed by atoms with E-state index >= 15 is 0 Å². The molecule has 1 atom stereocenters. The number of nitrogens with one attached hydrogen (secondary N) is 2. The highest BCUT2D eigenvalue weighted by Gasteiger charge is 2.44. The van der Waals surface area contributed by atoms with Gasteiger partial charge in [-0.1, -0.05) is 35.9 Å². The Morgan fingerprint density at radius 2 is 1.82 bits per heavy atom. The molecule has 33 heavy (non-hydrogen) atoms. The molecule has 2 N–H and O–H groups in total. The lowest BCUT2D eigenvalue weighted by atomic mass is 9.93. The number of halogens is 3. The minimum absolute atomic E-state index is 0.146. The zero-order valence-corrected chi connectivity index (χ0v) is 18.1. The van der Waals surface area contributed by atoms with Gasteiger partial charge in [-0.2, -0.15) is 0 Å². The monoisotopic (exact) mass is 471 g/mol. The van der Waals surface area contributed by atoms with E-state index in [1.807, 2.05) is 0 Å². The number of carbonyl (C=O) groups excluding carboxylic acids is 2. The summed E-state index contributed by atoms with van der Waals surface area (Å²) in [5, 5.41) is 3.00. The van der Waals surface area contributed by atoms with Gasteiger partial charge in [-0.15, -0.1) is 0 Å². The van der Waals surface area contributed by atoms with E-state index in [9.17, 15) is 23.2 Å². The van der Waals surface area contributed by atoms with Gasteiger partial charge in [0, 0.05) is 41.0 Å². The zero-order valence-electron chi connectivity index (χ0n) is 17.4. The molecule has 9 heteroatoms. The molecule has 170 valence electrons. The van der Waals surface area contributed by atoms with Crippen LogP contribution in [0.5, 0.6) is 0 Å². The van der Waals surface area contributed by atoms with Gasteiger partial charge in [0.05, 0.1) is 12.5 Å². The number of hydrogen-bond donors (Lipinski definition) is 2. The lowest BCUT2D eigenvalue weighted by molar-refractivity contribution is -0.130. The normalized spacial score (nSPS) is 17.4. The van der Waals surface area contributed by atoms with E-state index in [0.29, 0.717) is 22.0 Å². The fraction of sp³-hybridized carbons (Fsp3) is 0.208. The van der Waals surface area contributed by atoms with E-state index in [0.717, 1.165) is 4.90 Å². The number of hydrogen-bond acceptors (Lipinski definition) is 3. The third-order valence-electron chi connectivity index (χ3n) is 5.35. The fourth-order valence-corrected chi connectivity index (χ4v) is 4.05. The Kier molecular flexibility index (Phi) is 6.29. The summed E-state index contributed by atoms with van der Waals surface area (Å²) in [5.41, 5.74) is 1.35. The van der Waals surface area contributed by atoms with E-state index in [-0.39, 0.29) is 17.7 Å². The Bertz CT molecular complexity index is 1260. The summed E-state index contributed by atoms with van der Waals surface area (Å²) in [6.07, 6.45) is -0.658. The molecule has 2 aromatic carbocycles. The average molecular weight is 472 g/mol. The molecule has 1 aromatic heterocycles. The van der Waals surface area contributed by atoms with Crippen LogP contribution in [0.1, 0.15) is 16.8 Å². The number of aromatic nitrogens is 1. The molecule has 1 aliphatic heterocycles. The summed E-state index contributed by atoms with van der Waals surface area (Å²) >= 11 is 5.91. The standard InChI is InChI=1S/C24H20ClF2N3O3/c25-18-6-2-7-19(11-18)28-22(32)17-12-24(26,27)14-30(13-17)23(33)16-5-1-4-15(10-16)20-8-3-9-21(31)29-20/h1-11,17H,12-14H2,(H,28,32)(H,29,31). The van der Waals surface area contributed by atoms with Crippen LogP contribution in [-0.4, -0.2) is 40.7 Å². The highest BCUT2D eigenvalue weighted by Crippen LogP contribution is 2.32. The van der Waals surface area contributed by atoms with E-state index in [1.165, 1.54) is 24.3 Å². The van der Waals surface area contributed by atoms with E-state index in [1.54, 1.807) is 42.5 Å². The number of likely N-dealkylation sites (tertiary alicyclic amines) is 1. The maximum absolute atomic E-state index is 14.5. The molecule has 2 amide bonds. The molecule has 0 aliphatic carbocycles. The third-order valence-corrected chi connectivity index (χ3v) is 5.58. The lowest BCUT2D eigenvalue weighted by Gasteiger charge is -2.37. The SMILES string of the molecule is O=C(Nc1cccc(Cl)c1)C1CN(C(=O)c2cccc(-c3cccc(=O)[nH]3)c2)CC(F)(F)C1. The van der Waals surface area contributed by atoms with Gasteiger partial charge in [0.2, 0.25) is 11.5 Å². The Morgan fingerprint density at radius 1 is 1.06 bits per heavy atom. The summed E-state index contributed by atoms with van der Waals surface area (Å²) in [5.74, 6) is -5.53. The van der Waals surface area contributed by atoms with Crippen molar-refractivity contribution < 1.29 is 18.4 Å². The minimum atomic E-state index is -3.22. The van der Waals surface area contributed by atoms with Crippen LogP contribution >= 0.6 is 11.6 Å². The number of amides is 2. The Morgan fingerprint density at radius 3 is 2.58 bits per heavy atom. The van der Waals surface area contributed by atoms with Crippen molar-refractivity contribution in [3.63, 3.8) is 0 Å². The molecule has 0 spiro atoms. The van der Waals surface area contributed by atoms with Gasteiger partial charge in [0.25, 0.3) is 11.8 Å². The first-order valence-electron chi connectivity index (χ1n) is 10.2. The second-order valence-corrected chi connectivity index (χ2v) is 8.39. The number of aromatic amines is 1. The van der Waals surface area contributed by atoms with Crippen molar-refractivity contribution in [1.82, 2.24) is 9.88 Å². The highest BCUT2D eigenvalue weighted by atomic mass is 35.5. The number of piperidine rings is 1. The van der Waals surface area contributed by atoms with Crippen LogP contribution in [-0.2, 0) is 4.79 Å². The number of H-pyrrole nitrogens is 1. The molecule has 0 saturated carbocycles. The topological polar surface area (TPSA) is 82.3 Å². The summed E-state index contributed by atoms with van der Waals surface area (Å²) in [4.78, 5) is 41.0. The minimum Gasteiger partial charge on any atom is -0.332 e. The van der Waals surface area contributed by atoms with Crippen LogP contribution in [0.4, 0.5) is 14.5 Å². The van der Waals surface area contributed by atoms with Crippen LogP contribution in [0.25, 0.3) is 11.3 Å². The number of nitrogens with zero attached hydrogens (tertiary/aromatic N) is 1. The van der Waals surface area contributed by atoms with Crippen LogP contribution in [0.3, 0.4) is 0 Å². The Labute approximate surface area is 193 Å². The predicted octanol–water partition coefficient (Wildman–Crippen LogP) is 4.43. The smallest absolute Gasteiger partial charge is 0.266 e. The number of anilines is 1. The van der Waals surface area contributed by atoms with Gasteiger partial charge in [0.15, 0.2) is 0 Å². The van der Waals surface area contributed by atoms with Gasteiger partial charge in [0.1, 0.15) is 0 Å². The van der Waals surface area contributed by atoms with Crippen LogP contribution in [0.15, 0.2) is 71.5 Å². The van der Waals surface area contributed by atoms with Crippen molar-refractivity contribution >= 4 is 29.1 Å². The summed E-state index contributed by atoms with van der Waals surface area (Å²) in [6.45, 7) is -0.924. The summed E-state index contributed by atoms with van der Waals surface area (Å²) in [6, 6.07) is 17.4. The highest BCUT2D eigenvalue weighted by molar-refractivity contribution is 6.30. The van der Waals surface area contributed by atoms with Gasteiger partial charge in [-0.25, -0.2) is 8.78 Å². The fourth-order valence-electron chi connectivity index (χ4n) is 3.86. The predicted molar refractivity (Wildman–Crippen MR) is 122 cm³/mol. The molecule has 1 fully saturated rings. The van der Waals surface area contributed by atoms with Crippen molar-refractivity contribution in [3.8, 4) is 11.3 Å². The van der Waals surface area contributed by atoms with E-state index in [4.69, 9.17) is 11.6 Å². The number of benzene rings is 2. The third kappa shape index (κ3) is 5.46. The molecule has 1 aliphatic rings. The first kappa shape index (κ1) is 22.7. The van der Waals surface area contributed by atoms with Crippen molar-refractivity contribution in [2.24, 2.45) is 5.92 Å². The van der Waals surface area contributed by atoms with Crippen LogP contribution < -0.4 is 10.9 Å². The molecule has 0 bridgehead atoms. The van der Waals surface area contributed by atoms with Crippen molar-refractivity contribution in [2.45, 2.75) is 12.3 Å². The Hall–Kier alpha value is -3.52. The van der Waals surface area contributed by atoms with Gasteiger partial charge < -0.3 is 15.2 Å². The number of pyridine rings is 1. The van der Waals surface area contributed by atoms with Crippen molar-refractivity contribution in [1.29, 1.82) is 0 Å². The molecule has 2 heterocycles. The summed E-state index contributed by atoms with van der Waals surface area (Å²) < 4.78 is 29.0. The zero-order chi connectivity index (χ0) is 23.6. The van der Waals surface area contributed by atoms with Gasteiger partial charge >= 0.3 is 0 Å². The van der Waals surface area contributed by atoms with Gasteiger partial charge in [-0.3, -0.25) is 14.4 Å². The van der Waals surface area contributed by atoms with Crippen LogP contribution in [0.2, 0.25) is 5.02 Å². The van der Waals surface area contributed by atoms with Crippen molar-refractivity contribution in [3.05, 3.63) is 87.7 Å². The first-order valence-corrected chi connectivity index (χ1v) is 10.6. The molecule has 6 nitrogen and oxygen atoms in total. The largest absolute Gasteiger partial charge is 0.332 e. The van der Waals surface area contributed by atoms with Gasteiger partial charge in [-0.05, 0) is 42.0 Å².